The molecule has 0 aliphatic rings. The van der Waals surface area contributed by atoms with Gasteiger partial charge in [-0.2, -0.15) is 22.0 Å². The third-order valence-electron chi connectivity index (χ3n) is 5.53. The van der Waals surface area contributed by atoms with Crippen molar-refractivity contribution in [3.63, 3.8) is 0 Å². The smallest absolute Gasteiger partial charge is 0.457 e. The normalized spacial score (nSPS) is 13.1. The predicted molar refractivity (Wildman–Crippen MR) is 130 cm³/mol. The molecule has 4 aromatic carbocycles. The Morgan fingerprint density at radius 3 is 1.22 bits per heavy atom. The van der Waals surface area contributed by atoms with Gasteiger partial charge in [0.2, 0.25) is 0 Å². The van der Waals surface area contributed by atoms with Crippen LogP contribution in [-0.4, -0.2) is 12.1 Å². The van der Waals surface area contributed by atoms with Crippen LogP contribution in [0.2, 0.25) is 0 Å². The Morgan fingerprint density at radius 1 is 0.556 bits per heavy atom. The molecular formula is C28H20F5O2P. The summed E-state index contributed by atoms with van der Waals surface area (Å²) in [5.41, 5.74) is -0.959. The highest BCUT2D eigenvalue weighted by Crippen LogP contribution is 2.64. The molecule has 8 heteroatoms. The highest BCUT2D eigenvalue weighted by molar-refractivity contribution is 7.98. The number of ether oxygens (including phenoxy) is 1. The van der Waals surface area contributed by atoms with Gasteiger partial charge in [-0.3, -0.25) is 0 Å². The molecule has 4 rings (SSSR count). The van der Waals surface area contributed by atoms with Crippen LogP contribution in [0.3, 0.4) is 0 Å². The van der Waals surface area contributed by atoms with Gasteiger partial charge in [-0.1, -0.05) is 72.8 Å². The third kappa shape index (κ3) is 4.59. The summed E-state index contributed by atoms with van der Waals surface area (Å²) in [6, 6.07) is 32.1. The minimum atomic E-state index is -6.12. The Hall–Kier alpha value is -3.70. The van der Waals surface area contributed by atoms with Crippen LogP contribution >= 0.6 is 7.26 Å². The molecule has 0 N–H and O–H groups in total. The lowest BCUT2D eigenvalue weighted by atomic mass is 10.3. The molecule has 0 aliphatic heterocycles. The van der Waals surface area contributed by atoms with E-state index < -0.39 is 30.6 Å². The van der Waals surface area contributed by atoms with E-state index in [1.54, 1.807) is 97.1 Å². The van der Waals surface area contributed by atoms with Crippen LogP contribution in [0.4, 0.5) is 22.0 Å². The van der Waals surface area contributed by atoms with Crippen LogP contribution in [0.25, 0.3) is 0 Å². The zero-order valence-corrected chi connectivity index (χ0v) is 19.6. The first-order valence-corrected chi connectivity index (χ1v) is 12.6. The summed E-state index contributed by atoms with van der Waals surface area (Å²) in [6.07, 6.45) is -6.12. The van der Waals surface area contributed by atoms with Crippen LogP contribution in [0, 0.1) is 0 Å². The summed E-state index contributed by atoms with van der Waals surface area (Å²) in [4.78, 5) is 0. The van der Waals surface area contributed by atoms with E-state index in [1.807, 2.05) is 0 Å². The van der Waals surface area contributed by atoms with Crippen molar-refractivity contribution in [1.29, 1.82) is 0 Å². The highest BCUT2D eigenvalue weighted by atomic mass is 31.2. The number of rotatable bonds is 7. The van der Waals surface area contributed by atoms with Gasteiger partial charge in [0.15, 0.2) is 7.26 Å². The zero-order valence-electron chi connectivity index (χ0n) is 18.7. The average Bonchev–Trinajstić information content (AvgIpc) is 2.90. The Kier molecular flexibility index (Phi) is 7.14. The van der Waals surface area contributed by atoms with Crippen LogP contribution in [-0.2, 0) is 0 Å². The molecule has 184 valence electrons. The fraction of sp³-hybridized carbons (Fsp3) is 0.0714. The molecular weight excluding hydrogens is 494 g/mol. The second-order valence-electron chi connectivity index (χ2n) is 7.80. The number of hydrogen-bond donors (Lipinski definition) is 0. The number of alkyl halides is 5. The Morgan fingerprint density at radius 2 is 0.889 bits per heavy atom. The summed E-state index contributed by atoms with van der Waals surface area (Å²) in [6.45, 7) is 0. The quantitative estimate of drug-likeness (QED) is 0.178. The number of halogens is 5. The van der Waals surface area contributed by atoms with Gasteiger partial charge in [-0.05, 0) is 48.5 Å². The zero-order chi connectivity index (χ0) is 25.8. The van der Waals surface area contributed by atoms with Crippen molar-refractivity contribution in [1.82, 2.24) is 0 Å². The number of benzene rings is 4. The average molecular weight is 514 g/mol. The second kappa shape index (κ2) is 10.1. The van der Waals surface area contributed by atoms with E-state index >= 15 is 0 Å². The molecule has 0 amide bonds. The van der Waals surface area contributed by atoms with Crippen LogP contribution in [0.1, 0.15) is 0 Å². The molecule has 4 aromatic rings. The number of hydrogen-bond acceptors (Lipinski definition) is 2. The van der Waals surface area contributed by atoms with Crippen LogP contribution in [0.15, 0.2) is 133 Å². The minimum absolute atomic E-state index is 0.0361. The van der Waals surface area contributed by atoms with Crippen LogP contribution in [0.5, 0.6) is 5.75 Å². The summed E-state index contributed by atoms with van der Waals surface area (Å²) in [5.74, 6) is -8.14. The lowest BCUT2D eigenvalue weighted by molar-refractivity contribution is -0.385. The fourth-order valence-electron chi connectivity index (χ4n) is 3.88. The SMILES string of the molecule is [O-]/C(=C(/Oc1ccccc1)[P+](c1ccccc1)(c1ccccc1)c1ccccc1)C(F)(F)C(F)(F)F. The van der Waals surface area contributed by atoms with E-state index in [-0.39, 0.29) is 5.75 Å². The van der Waals surface area contributed by atoms with Gasteiger partial charge in [-0.15, -0.1) is 0 Å². The lowest BCUT2D eigenvalue weighted by Crippen LogP contribution is -2.46. The van der Waals surface area contributed by atoms with Crippen molar-refractivity contribution in [3.8, 4) is 5.75 Å². The molecule has 0 unspecified atom stereocenters. The van der Waals surface area contributed by atoms with Gasteiger partial charge >= 0.3 is 12.1 Å². The Labute approximate surface area is 205 Å². The highest BCUT2D eigenvalue weighted by Gasteiger charge is 2.62. The fourth-order valence-corrected chi connectivity index (χ4v) is 8.03. The molecule has 2 nitrogen and oxygen atoms in total. The van der Waals surface area contributed by atoms with Gasteiger partial charge in [0.05, 0.1) is 0 Å². The van der Waals surface area contributed by atoms with Crippen molar-refractivity contribution in [2.24, 2.45) is 0 Å². The molecule has 0 aromatic heterocycles. The summed E-state index contributed by atoms with van der Waals surface area (Å²) < 4.78 is 76.1. The first kappa shape index (κ1) is 25.4. The lowest BCUT2D eigenvalue weighted by Gasteiger charge is -2.34. The number of para-hydroxylation sites is 1. The first-order valence-electron chi connectivity index (χ1n) is 10.8. The Bertz CT molecular complexity index is 1210. The largest absolute Gasteiger partial charge is 0.866 e. The molecule has 0 fully saturated rings. The van der Waals surface area contributed by atoms with Crippen molar-refractivity contribution < 1.29 is 31.8 Å². The maximum absolute atomic E-state index is 14.8. The van der Waals surface area contributed by atoms with E-state index in [0.29, 0.717) is 15.9 Å². The van der Waals surface area contributed by atoms with Gasteiger partial charge < -0.3 is 9.84 Å². The second-order valence-corrected chi connectivity index (χ2v) is 11.1. The Balaban J connectivity index is 2.20. The molecule has 0 radical (unpaired) electrons. The predicted octanol–water partition coefficient (Wildman–Crippen LogP) is 5.79. The standard InChI is InChI=1S/C28H20F5O2P/c29-27(30,28(31,32)33)25(34)26(35-21-13-5-1-6-14-21)36(22-15-7-2-8-16-22,23-17-9-3-10-18-23)24-19-11-4-12-20-24/h1-20H/b26-25-. The topological polar surface area (TPSA) is 32.3 Å². The van der Waals surface area contributed by atoms with Gasteiger partial charge in [0.1, 0.15) is 21.7 Å². The number of allylic oxidation sites excluding steroid dienone is 1. The van der Waals surface area contributed by atoms with Crippen molar-refractivity contribution in [3.05, 3.63) is 133 Å². The molecule has 0 bridgehead atoms. The van der Waals surface area contributed by atoms with Crippen LogP contribution < -0.4 is 25.8 Å². The minimum Gasteiger partial charge on any atom is -0.866 e. The maximum atomic E-state index is 14.8. The molecule has 36 heavy (non-hydrogen) atoms. The van der Waals surface area contributed by atoms with E-state index in [0.717, 1.165) is 0 Å². The summed E-state index contributed by atoms with van der Waals surface area (Å²) in [7, 11) is -3.69. The molecule has 0 atom stereocenters. The van der Waals surface area contributed by atoms with Gasteiger partial charge in [0, 0.05) is 5.76 Å². The van der Waals surface area contributed by atoms with Crippen molar-refractivity contribution in [2.75, 3.05) is 0 Å². The van der Waals surface area contributed by atoms with Gasteiger partial charge in [0.25, 0.3) is 5.50 Å². The van der Waals surface area contributed by atoms with Crippen molar-refractivity contribution >= 4 is 23.2 Å². The maximum Gasteiger partial charge on any atom is 0.457 e. The summed E-state index contributed by atoms with van der Waals surface area (Å²) in [5, 5.41) is 14.5. The first-order chi connectivity index (χ1) is 17.2. The van der Waals surface area contributed by atoms with E-state index in [1.165, 1.54) is 24.3 Å². The summed E-state index contributed by atoms with van der Waals surface area (Å²) >= 11 is 0. The van der Waals surface area contributed by atoms with E-state index in [2.05, 4.69) is 0 Å². The van der Waals surface area contributed by atoms with E-state index in [9.17, 15) is 27.1 Å². The molecule has 0 saturated carbocycles. The molecule has 0 aliphatic carbocycles. The van der Waals surface area contributed by atoms with Crippen molar-refractivity contribution in [2.45, 2.75) is 12.1 Å². The molecule has 0 spiro atoms. The monoisotopic (exact) mass is 514 g/mol. The molecule has 0 heterocycles. The third-order valence-corrected chi connectivity index (χ3v) is 9.65. The van der Waals surface area contributed by atoms with Gasteiger partial charge in [-0.25, -0.2) is 0 Å². The van der Waals surface area contributed by atoms with E-state index in [4.69, 9.17) is 4.74 Å². The molecule has 0 saturated heterocycles.